The maximum absolute atomic E-state index is 11.1. The molecule has 6 unspecified atom stereocenters. The molecular weight excluding hydrogens is 484 g/mol. The molecule has 1 N–H and O–H groups in total. The Kier molecular flexibility index (Phi) is 12.6. The lowest BCUT2D eigenvalue weighted by Crippen LogP contribution is -2.31. The standard InChI is InChI=1S/C39H56O/c1-9-19-27(6)26-28(7)37-32(13-5)34(21-11-3)39(36-25-18-17-24-35(36)37)38(30-22-15-14-16-23-30)33(20-10-2)31(12-4)29(8)40/h14-15,17-18,22,24-25,27-29,31,33,38,40H,9-13,19-21,26H2,1-8H3. The molecular formula is C39H56O. The number of allylic oxidation sites excluding steroid dienone is 4. The second kappa shape index (κ2) is 15.6. The van der Waals surface area contributed by atoms with Crippen LogP contribution in [0.25, 0.3) is 10.8 Å². The highest BCUT2D eigenvalue weighted by molar-refractivity contribution is 5.92. The van der Waals surface area contributed by atoms with Gasteiger partial charge in [-0.05, 0) is 101 Å². The molecule has 0 aromatic heterocycles. The molecule has 40 heavy (non-hydrogen) atoms. The summed E-state index contributed by atoms with van der Waals surface area (Å²) in [6.07, 6.45) is 16.2. The Morgan fingerprint density at radius 1 is 0.800 bits per heavy atom. The van der Waals surface area contributed by atoms with Gasteiger partial charge in [-0.1, -0.05) is 122 Å². The van der Waals surface area contributed by atoms with Crippen LogP contribution in [0.15, 0.2) is 59.5 Å². The molecule has 0 saturated carbocycles. The highest BCUT2D eigenvalue weighted by Crippen LogP contribution is 2.49. The summed E-state index contributed by atoms with van der Waals surface area (Å²) >= 11 is 0. The van der Waals surface area contributed by atoms with Gasteiger partial charge in [0.15, 0.2) is 0 Å². The van der Waals surface area contributed by atoms with Crippen LogP contribution in [0, 0.1) is 17.8 Å². The maximum atomic E-state index is 11.1. The molecule has 0 saturated heterocycles. The van der Waals surface area contributed by atoms with Crippen LogP contribution in [0.4, 0.5) is 0 Å². The number of hydrogen-bond donors (Lipinski definition) is 1. The second-order valence-electron chi connectivity index (χ2n) is 12.5. The van der Waals surface area contributed by atoms with Crippen LogP contribution in [0.2, 0.25) is 0 Å². The molecule has 0 radical (unpaired) electrons. The van der Waals surface area contributed by atoms with Gasteiger partial charge in [0.05, 0.1) is 6.10 Å². The summed E-state index contributed by atoms with van der Waals surface area (Å²) in [5, 5.41) is 13.9. The molecule has 1 aliphatic carbocycles. The normalized spacial score (nSPS) is 17.5. The molecule has 0 aliphatic heterocycles. The van der Waals surface area contributed by atoms with Crippen molar-refractivity contribution in [3.05, 3.63) is 81.8 Å². The van der Waals surface area contributed by atoms with Gasteiger partial charge in [0.2, 0.25) is 0 Å². The van der Waals surface area contributed by atoms with Crippen LogP contribution in [0.3, 0.4) is 0 Å². The summed E-state index contributed by atoms with van der Waals surface area (Å²) < 4.78 is 0. The lowest BCUT2D eigenvalue weighted by atomic mass is 9.66. The molecule has 0 spiro atoms. The van der Waals surface area contributed by atoms with E-state index < -0.39 is 0 Å². The van der Waals surface area contributed by atoms with Crippen molar-refractivity contribution in [1.82, 2.24) is 0 Å². The van der Waals surface area contributed by atoms with Crippen molar-refractivity contribution in [2.75, 3.05) is 0 Å². The number of hydrogen-bond acceptors (Lipinski definition) is 1. The molecule has 0 amide bonds. The largest absolute Gasteiger partial charge is 0.393 e. The van der Waals surface area contributed by atoms with Crippen molar-refractivity contribution < 1.29 is 5.11 Å². The third-order valence-electron chi connectivity index (χ3n) is 9.41. The van der Waals surface area contributed by atoms with Crippen LogP contribution in [0.1, 0.15) is 134 Å². The van der Waals surface area contributed by atoms with Gasteiger partial charge in [0.1, 0.15) is 0 Å². The number of fused-ring (bicyclic) bond motifs is 1. The zero-order valence-electron chi connectivity index (χ0n) is 26.8. The summed E-state index contributed by atoms with van der Waals surface area (Å²) in [5.41, 5.74) is 14.3. The van der Waals surface area contributed by atoms with Crippen molar-refractivity contribution in [2.24, 2.45) is 17.8 Å². The monoisotopic (exact) mass is 540 g/mol. The lowest BCUT2D eigenvalue weighted by molar-refractivity contribution is 0.0745. The van der Waals surface area contributed by atoms with Gasteiger partial charge in [0, 0.05) is 11.5 Å². The van der Waals surface area contributed by atoms with E-state index in [0.29, 0.717) is 11.8 Å². The summed E-state index contributed by atoms with van der Waals surface area (Å²) in [6.45, 7) is 18.5. The first-order valence-corrected chi connectivity index (χ1v) is 16.5. The third kappa shape index (κ3) is 7.12. The molecule has 6 atom stereocenters. The topological polar surface area (TPSA) is 20.2 Å². The van der Waals surface area contributed by atoms with E-state index in [1.807, 2.05) is 13.0 Å². The van der Waals surface area contributed by atoms with Gasteiger partial charge in [-0.25, -0.2) is 0 Å². The van der Waals surface area contributed by atoms with E-state index in [1.54, 1.807) is 16.7 Å². The van der Waals surface area contributed by atoms with Crippen LogP contribution in [-0.2, 0) is 12.8 Å². The molecule has 1 nitrogen and oxygen atoms in total. The van der Waals surface area contributed by atoms with Crippen molar-refractivity contribution >= 4 is 10.8 Å². The highest BCUT2D eigenvalue weighted by Gasteiger charge is 2.37. The molecule has 0 heterocycles. The Morgan fingerprint density at radius 2 is 1.48 bits per heavy atom. The van der Waals surface area contributed by atoms with E-state index in [-0.39, 0.29) is 17.9 Å². The Labute approximate surface area is 246 Å². The van der Waals surface area contributed by atoms with Crippen molar-refractivity contribution in [2.45, 2.75) is 131 Å². The first-order chi connectivity index (χ1) is 19.3. The number of aliphatic hydroxyl groups is 1. The van der Waals surface area contributed by atoms with Crippen LogP contribution < -0.4 is 0 Å². The van der Waals surface area contributed by atoms with E-state index in [2.05, 4.69) is 96.3 Å². The van der Waals surface area contributed by atoms with E-state index in [1.165, 1.54) is 41.2 Å². The minimum atomic E-state index is -0.345. The van der Waals surface area contributed by atoms with Gasteiger partial charge >= 0.3 is 0 Å². The fraction of sp³-hybridized carbons (Fsp3) is 0.590. The smallest absolute Gasteiger partial charge is 0.0543 e. The third-order valence-corrected chi connectivity index (χ3v) is 9.41. The Bertz CT molecular complexity index is 1230. The predicted molar refractivity (Wildman–Crippen MR) is 175 cm³/mol. The maximum Gasteiger partial charge on any atom is 0.0543 e. The minimum Gasteiger partial charge on any atom is -0.393 e. The average Bonchev–Trinajstić information content (AvgIpc) is 2.94. The minimum absolute atomic E-state index is 0.178. The zero-order chi connectivity index (χ0) is 29.2. The number of aliphatic hydroxyl groups excluding tert-OH is 1. The molecule has 3 rings (SSSR count). The average molecular weight is 541 g/mol. The fourth-order valence-corrected chi connectivity index (χ4v) is 7.90. The zero-order valence-corrected chi connectivity index (χ0v) is 26.8. The molecule has 2 aromatic rings. The Balaban J connectivity index is 2.45. The van der Waals surface area contributed by atoms with E-state index in [0.717, 1.165) is 44.4 Å². The molecule has 218 valence electrons. The molecule has 2 aromatic carbocycles. The SMILES string of the molecule is CCCc1c(CC)c(C(C)CC(C)CCC)c2ccccc2c1C(C1=C=C=CC=C1)C(CCC)C(CC)C(C)O. The summed E-state index contributed by atoms with van der Waals surface area (Å²) in [5.74, 6) is 1.99. The first kappa shape index (κ1) is 32.2. The van der Waals surface area contributed by atoms with Crippen LogP contribution in [0.5, 0.6) is 0 Å². The van der Waals surface area contributed by atoms with Crippen molar-refractivity contribution in [3.8, 4) is 0 Å². The predicted octanol–water partition coefficient (Wildman–Crippen LogP) is 11.0. The lowest BCUT2D eigenvalue weighted by Gasteiger charge is -2.38. The fourth-order valence-electron chi connectivity index (χ4n) is 7.90. The first-order valence-electron chi connectivity index (χ1n) is 16.5. The van der Waals surface area contributed by atoms with E-state index in [4.69, 9.17) is 0 Å². The number of rotatable bonds is 16. The summed E-state index contributed by atoms with van der Waals surface area (Å²) in [4.78, 5) is 0. The molecule has 0 bridgehead atoms. The quantitative estimate of drug-likeness (QED) is 0.210. The molecule has 1 heteroatoms. The van der Waals surface area contributed by atoms with Crippen LogP contribution >= 0.6 is 0 Å². The van der Waals surface area contributed by atoms with Crippen LogP contribution in [-0.4, -0.2) is 11.2 Å². The van der Waals surface area contributed by atoms with Gasteiger partial charge in [-0.2, -0.15) is 0 Å². The Morgan fingerprint density at radius 3 is 2.00 bits per heavy atom. The van der Waals surface area contributed by atoms with E-state index >= 15 is 0 Å². The second-order valence-corrected chi connectivity index (χ2v) is 12.5. The highest BCUT2D eigenvalue weighted by atomic mass is 16.3. The van der Waals surface area contributed by atoms with Gasteiger partial charge < -0.3 is 5.11 Å². The molecule has 1 aliphatic rings. The Hall–Kier alpha value is -2.30. The van der Waals surface area contributed by atoms with Crippen molar-refractivity contribution in [1.29, 1.82) is 0 Å². The van der Waals surface area contributed by atoms with Crippen molar-refractivity contribution in [3.63, 3.8) is 0 Å². The number of benzene rings is 2. The summed E-state index contributed by atoms with van der Waals surface area (Å²) in [7, 11) is 0. The molecule has 0 fully saturated rings. The summed E-state index contributed by atoms with van der Waals surface area (Å²) in [6, 6.07) is 9.26. The van der Waals surface area contributed by atoms with Gasteiger partial charge in [-0.3, -0.25) is 0 Å². The van der Waals surface area contributed by atoms with Gasteiger partial charge in [0.25, 0.3) is 0 Å². The van der Waals surface area contributed by atoms with E-state index in [9.17, 15) is 5.11 Å². The van der Waals surface area contributed by atoms with Gasteiger partial charge in [-0.15, -0.1) is 0 Å².